The van der Waals surface area contributed by atoms with E-state index in [-0.39, 0.29) is 35.5 Å². The first kappa shape index (κ1) is 92.7. The highest BCUT2D eigenvalue weighted by molar-refractivity contribution is 5.96. The molecule has 0 amide bonds. The molecule has 0 radical (unpaired) electrons. The van der Waals surface area contributed by atoms with Crippen LogP contribution in [0.25, 0.3) is 201 Å². The molecule has 0 N–H and O–H groups in total. The molecular weight excluding hydrogens is 1810 g/mol. The summed E-state index contributed by atoms with van der Waals surface area (Å²) >= 11 is 0. The molecule has 2 aliphatic rings. The van der Waals surface area contributed by atoms with E-state index >= 15 is 0 Å². The molecule has 0 bridgehead atoms. The molecule has 4 atom stereocenters. The monoisotopic (exact) mass is 1920 g/mol. The third-order valence-electron chi connectivity index (χ3n) is 31.3. The first-order valence-electron chi connectivity index (χ1n) is 52.6. The molecule has 714 valence electrons. The van der Waals surface area contributed by atoms with Crippen LogP contribution >= 0.6 is 0 Å². The predicted molar refractivity (Wildman–Crippen MR) is 621 cm³/mol. The number of aromatic nitrogens is 6. The van der Waals surface area contributed by atoms with E-state index in [1.54, 1.807) is 6.33 Å². The third-order valence-corrected chi connectivity index (χ3v) is 31.3. The van der Waals surface area contributed by atoms with Crippen LogP contribution in [0.3, 0.4) is 0 Å². The summed E-state index contributed by atoms with van der Waals surface area (Å²) in [6.07, 6.45) is 15.0. The topological polar surface area (TPSA) is 77.3 Å². The summed E-state index contributed by atoms with van der Waals surface area (Å²) in [5.74, 6) is 0.830. The summed E-state index contributed by atoms with van der Waals surface area (Å²) in [5, 5.41) is 0. The van der Waals surface area contributed by atoms with Gasteiger partial charge in [0.25, 0.3) is 0 Å². The van der Waals surface area contributed by atoms with Gasteiger partial charge in [-0.1, -0.05) is 425 Å². The van der Waals surface area contributed by atoms with Gasteiger partial charge >= 0.3 is 0 Å². The highest BCUT2D eigenvalue weighted by Crippen LogP contribution is 2.58. The van der Waals surface area contributed by atoms with Crippen LogP contribution in [0, 0.1) is 0 Å². The predicted octanol–water partition coefficient (Wildman–Crippen LogP) is 37.7. The minimum atomic E-state index is 0.125. The summed E-state index contributed by atoms with van der Waals surface area (Å²) < 4.78 is 0. The smallest absolute Gasteiger partial charge is 0.116 e. The van der Waals surface area contributed by atoms with Crippen molar-refractivity contribution in [3.05, 3.63) is 580 Å². The van der Waals surface area contributed by atoms with Crippen molar-refractivity contribution in [2.75, 3.05) is 0 Å². The lowest BCUT2D eigenvalue weighted by Crippen LogP contribution is -2.21. The maximum absolute atomic E-state index is 5.23. The lowest BCUT2D eigenvalue weighted by atomic mass is 9.66. The van der Waals surface area contributed by atoms with Crippen LogP contribution in [0.5, 0.6) is 0 Å². The SMILES string of the molecule is c1ccc(-c2cc(-c3ccccn3)ccc2-c2ccccc2C2CC(c3ccccc3-c3ccc(-c4ccccn4)cc3-c3ccccc3)CC(c3ccccc3-c3ccc(-c4cc(-c5ccc(-c6ccccc6C6CC(c7ccccc7-c7ccc(-c8ccccn8)cc7-c7ccccc7)CC(c7ccccc7-c7ccc(-c8ccccn8)cc7-c7ccccc7)C6)c(-c6ccccc6)c5)ncn4)cc3-c3ccccc3)C2)cc1. The van der Waals surface area contributed by atoms with Crippen LogP contribution in [-0.2, 0) is 0 Å². The second-order valence-electron chi connectivity index (χ2n) is 40.0. The van der Waals surface area contributed by atoms with Crippen LogP contribution in [0.2, 0.25) is 0 Å². The van der Waals surface area contributed by atoms with Gasteiger partial charge in [0.2, 0.25) is 0 Å². The molecule has 2 saturated carbocycles. The number of hydrogen-bond acceptors (Lipinski definition) is 6. The first-order valence-corrected chi connectivity index (χ1v) is 52.6. The van der Waals surface area contributed by atoms with Crippen molar-refractivity contribution in [1.29, 1.82) is 0 Å². The Kier molecular flexibility index (Phi) is 26.2. The normalized spacial score (nSPS) is 15.4. The molecule has 2 aliphatic carbocycles. The quantitative estimate of drug-likeness (QED) is 0.0600. The summed E-state index contributed by atoms with van der Waals surface area (Å²) in [6, 6.07) is 191. The van der Waals surface area contributed by atoms with E-state index in [1.807, 2.05) is 49.1 Å². The first-order chi connectivity index (χ1) is 74.4. The van der Waals surface area contributed by atoms with Gasteiger partial charge in [0.05, 0.1) is 34.2 Å². The van der Waals surface area contributed by atoms with E-state index in [9.17, 15) is 0 Å². The van der Waals surface area contributed by atoms with Gasteiger partial charge in [-0.05, 0) is 332 Å². The van der Waals surface area contributed by atoms with Crippen molar-refractivity contribution >= 4 is 0 Å². The molecule has 25 rings (SSSR count). The van der Waals surface area contributed by atoms with Gasteiger partial charge in [0, 0.05) is 58.2 Å². The van der Waals surface area contributed by atoms with Crippen LogP contribution in [0.15, 0.2) is 547 Å². The van der Waals surface area contributed by atoms with Gasteiger partial charge in [-0.25, -0.2) is 9.97 Å². The summed E-state index contributed by atoms with van der Waals surface area (Å²) in [4.78, 5) is 30.0. The Balaban J connectivity index is 0.589. The standard InChI is InChI=1S/C144H108N6/c1-7-39-97(40-8-1)133-89-103(139-63-31-35-79-145-139)67-73-127(133)121-57-25-19-51-115(121)109-83-110(116-52-20-26-58-122(116)128-74-68-104(140-64-32-36-80-146-140)90-134(128)98-41-9-2-10-42-98)86-113(85-109)119-55-23-29-61-125(119)131-77-71-107(93-137(131)101-47-15-5-16-48-101)143-95-144(150-96-149-143)108-72-78-132(138(94-108)102-49-17-6-18-50-102)126-62-30-24-56-120(126)114-87-111(117-53-21-27-59-123(117)129-75-69-105(141-65-33-37-81-147-141)91-135(129)99-43-11-3-12-44-99)84-112(88-114)118-54-22-28-60-124(118)130-76-70-106(142-66-34-38-82-148-142)92-136(130)100-45-13-4-14-46-100/h1-82,89-96,109-114H,83-88H2. The van der Waals surface area contributed by atoms with Crippen LogP contribution in [0.4, 0.5) is 0 Å². The van der Waals surface area contributed by atoms with E-state index in [0.29, 0.717) is 0 Å². The van der Waals surface area contributed by atoms with Crippen molar-refractivity contribution in [2.45, 2.75) is 74.0 Å². The fourth-order valence-electron chi connectivity index (χ4n) is 24.3. The highest BCUT2D eigenvalue weighted by atomic mass is 14.8. The molecule has 6 nitrogen and oxygen atoms in total. The fraction of sp³-hybridized carbons (Fsp3) is 0.0833. The second kappa shape index (κ2) is 42.4. The summed E-state index contributed by atoms with van der Waals surface area (Å²) in [7, 11) is 0. The van der Waals surface area contributed by atoms with E-state index in [0.717, 1.165) is 128 Å². The van der Waals surface area contributed by atoms with Crippen molar-refractivity contribution in [3.63, 3.8) is 0 Å². The largest absolute Gasteiger partial charge is 0.256 e. The zero-order valence-corrected chi connectivity index (χ0v) is 83.4. The maximum atomic E-state index is 5.23. The Morgan fingerprint density at radius 2 is 0.280 bits per heavy atom. The molecule has 0 spiro atoms. The second-order valence-corrected chi connectivity index (χ2v) is 40.0. The zero-order chi connectivity index (χ0) is 99.8. The number of nitrogens with zero attached hydrogens (tertiary/aromatic N) is 6. The molecule has 18 aromatic carbocycles. The van der Waals surface area contributed by atoms with Crippen LogP contribution in [-0.4, -0.2) is 29.9 Å². The van der Waals surface area contributed by atoms with Crippen molar-refractivity contribution in [1.82, 2.24) is 29.9 Å². The molecule has 0 saturated heterocycles. The summed E-state index contributed by atoms with van der Waals surface area (Å²) in [5.41, 5.74) is 48.5. The average Bonchev–Trinajstić information content (AvgIpc) is 0.756. The Bertz CT molecular complexity index is 7890. The van der Waals surface area contributed by atoms with Gasteiger partial charge < -0.3 is 0 Å². The molecule has 4 unspecified atom stereocenters. The van der Waals surface area contributed by atoms with Crippen LogP contribution in [0.1, 0.15) is 107 Å². The van der Waals surface area contributed by atoms with Crippen LogP contribution < -0.4 is 0 Å². The average molecular weight is 1920 g/mol. The highest BCUT2D eigenvalue weighted by Gasteiger charge is 2.39. The van der Waals surface area contributed by atoms with E-state index in [4.69, 9.17) is 29.9 Å². The number of rotatable bonds is 24. The van der Waals surface area contributed by atoms with Gasteiger partial charge in [-0.3, -0.25) is 19.9 Å². The Hall–Kier alpha value is -18.4. The lowest BCUT2D eigenvalue weighted by molar-refractivity contribution is 0.353. The molecular formula is C144H108N6. The third kappa shape index (κ3) is 19.0. The van der Waals surface area contributed by atoms with Crippen molar-refractivity contribution in [3.8, 4) is 201 Å². The van der Waals surface area contributed by atoms with Gasteiger partial charge in [-0.2, -0.15) is 0 Å². The molecule has 5 heterocycles. The maximum Gasteiger partial charge on any atom is 0.116 e. The van der Waals surface area contributed by atoms with E-state index in [2.05, 4.69) is 491 Å². The molecule has 0 aliphatic heterocycles. The lowest BCUT2D eigenvalue weighted by Gasteiger charge is -2.38. The van der Waals surface area contributed by atoms with Gasteiger partial charge in [0.15, 0.2) is 0 Å². The number of hydrogen-bond donors (Lipinski definition) is 0. The van der Waals surface area contributed by atoms with E-state index in [1.165, 1.54) is 145 Å². The molecule has 150 heavy (non-hydrogen) atoms. The zero-order valence-electron chi connectivity index (χ0n) is 83.4. The number of benzene rings is 18. The van der Waals surface area contributed by atoms with Gasteiger partial charge in [-0.15, -0.1) is 0 Å². The minimum Gasteiger partial charge on any atom is -0.256 e. The van der Waals surface area contributed by atoms with Crippen molar-refractivity contribution in [2.24, 2.45) is 0 Å². The van der Waals surface area contributed by atoms with Gasteiger partial charge in [0.1, 0.15) is 6.33 Å². The molecule has 5 aromatic heterocycles. The van der Waals surface area contributed by atoms with Crippen molar-refractivity contribution < 1.29 is 0 Å². The number of pyridine rings is 4. The Labute approximate surface area is 878 Å². The Morgan fingerprint density at radius 3 is 0.460 bits per heavy atom. The molecule has 23 aromatic rings. The fourth-order valence-corrected chi connectivity index (χ4v) is 24.3. The molecule has 2 fully saturated rings. The summed E-state index contributed by atoms with van der Waals surface area (Å²) in [6.45, 7) is 0. The van der Waals surface area contributed by atoms with E-state index < -0.39 is 0 Å². The Morgan fingerprint density at radius 1 is 0.113 bits per heavy atom. The molecule has 6 heteroatoms. The minimum absolute atomic E-state index is 0.125.